The van der Waals surface area contributed by atoms with Gasteiger partial charge in [0.25, 0.3) is 0 Å². The molecule has 0 saturated heterocycles. The number of rotatable bonds is 6. The summed E-state index contributed by atoms with van der Waals surface area (Å²) in [6, 6.07) is 11.9. The molecule has 0 radical (unpaired) electrons. The predicted molar refractivity (Wildman–Crippen MR) is 131 cm³/mol. The second-order valence-electron chi connectivity index (χ2n) is 8.04. The van der Waals surface area contributed by atoms with Crippen LogP contribution >= 0.6 is 23.1 Å². The van der Waals surface area contributed by atoms with Crippen molar-refractivity contribution in [3.8, 4) is 5.75 Å². The highest BCUT2D eigenvalue weighted by molar-refractivity contribution is 9.10. The molecule has 1 heterocycles. The number of aryl methyl sites for hydroxylation is 2. The van der Waals surface area contributed by atoms with Crippen LogP contribution in [0.5, 0.6) is 5.75 Å². The van der Waals surface area contributed by atoms with Gasteiger partial charge in [0.05, 0.1) is 23.0 Å². The van der Waals surface area contributed by atoms with Gasteiger partial charge < -0.3 is 19.9 Å². The normalized spacial score (nSPS) is 13.4. The molecular formula is C23H26BrN4O2P. The van der Waals surface area contributed by atoms with Crippen molar-refractivity contribution in [3.05, 3.63) is 58.2 Å². The molecule has 31 heavy (non-hydrogen) atoms. The standard InChI is InChI=1S/C23H26BrN4O2P/c1-30-20-13-16-9-5-4-8-15(16)12-19(20)27-23-25-14-17(24)22(28-23)26-18-10-6-7-11-21(18)31(2,3)29/h6-7,10-14H,4-5,8-9H2,1-3H3,(H2,25,26,27,28). The Balaban J connectivity index is 1.65. The molecule has 6 nitrogen and oxygen atoms in total. The van der Waals surface area contributed by atoms with Gasteiger partial charge in [-0.1, -0.05) is 12.1 Å². The Labute approximate surface area is 191 Å². The van der Waals surface area contributed by atoms with Crippen molar-refractivity contribution < 1.29 is 9.30 Å². The summed E-state index contributed by atoms with van der Waals surface area (Å²) in [5, 5.41) is 7.40. The Morgan fingerprint density at radius 2 is 1.74 bits per heavy atom. The number of nitrogens with one attached hydrogen (secondary N) is 2. The number of fused-ring (bicyclic) bond motifs is 1. The molecule has 0 fully saturated rings. The maximum absolute atomic E-state index is 12.7. The average molecular weight is 501 g/mol. The molecule has 0 unspecified atom stereocenters. The van der Waals surface area contributed by atoms with Crippen molar-refractivity contribution in [1.29, 1.82) is 0 Å². The maximum atomic E-state index is 12.7. The first-order valence-corrected chi connectivity index (χ1v) is 13.7. The van der Waals surface area contributed by atoms with Crippen LogP contribution in [-0.2, 0) is 17.4 Å². The molecule has 0 aliphatic heterocycles. The van der Waals surface area contributed by atoms with E-state index in [2.05, 4.69) is 48.7 Å². The topological polar surface area (TPSA) is 76.1 Å². The average Bonchev–Trinajstić information content (AvgIpc) is 2.75. The quantitative estimate of drug-likeness (QED) is 0.412. The van der Waals surface area contributed by atoms with Gasteiger partial charge in [0.15, 0.2) is 0 Å². The van der Waals surface area contributed by atoms with Crippen LogP contribution in [0.1, 0.15) is 24.0 Å². The Morgan fingerprint density at radius 1 is 1.03 bits per heavy atom. The van der Waals surface area contributed by atoms with Crippen LogP contribution in [0.2, 0.25) is 0 Å². The zero-order valence-corrected chi connectivity index (χ0v) is 20.4. The lowest BCUT2D eigenvalue weighted by molar-refractivity contribution is 0.415. The zero-order chi connectivity index (χ0) is 22.0. The van der Waals surface area contributed by atoms with E-state index in [9.17, 15) is 4.57 Å². The van der Waals surface area contributed by atoms with Crippen LogP contribution in [0.25, 0.3) is 0 Å². The third kappa shape index (κ3) is 4.94. The summed E-state index contributed by atoms with van der Waals surface area (Å²) in [5.41, 5.74) is 4.32. The van der Waals surface area contributed by atoms with Crippen molar-refractivity contribution >= 4 is 51.5 Å². The minimum atomic E-state index is -2.45. The summed E-state index contributed by atoms with van der Waals surface area (Å²) < 4.78 is 19.0. The molecule has 0 saturated carbocycles. The molecular weight excluding hydrogens is 475 g/mol. The number of anilines is 4. The summed E-state index contributed by atoms with van der Waals surface area (Å²) in [6.07, 6.45) is 6.29. The highest BCUT2D eigenvalue weighted by atomic mass is 79.9. The Bertz CT molecular complexity index is 1160. The van der Waals surface area contributed by atoms with Crippen molar-refractivity contribution in [2.75, 3.05) is 31.1 Å². The van der Waals surface area contributed by atoms with E-state index < -0.39 is 7.14 Å². The van der Waals surface area contributed by atoms with Crippen molar-refractivity contribution in [3.63, 3.8) is 0 Å². The molecule has 0 atom stereocenters. The molecule has 2 N–H and O–H groups in total. The molecule has 1 aliphatic carbocycles. The third-order valence-electron chi connectivity index (χ3n) is 5.39. The summed E-state index contributed by atoms with van der Waals surface area (Å²) in [5.74, 6) is 1.83. The van der Waals surface area contributed by atoms with Gasteiger partial charge in [0.1, 0.15) is 18.7 Å². The molecule has 8 heteroatoms. The molecule has 1 aromatic heterocycles. The van der Waals surface area contributed by atoms with Crippen molar-refractivity contribution in [1.82, 2.24) is 9.97 Å². The molecule has 1 aliphatic rings. The van der Waals surface area contributed by atoms with Crippen molar-refractivity contribution in [2.24, 2.45) is 0 Å². The van der Waals surface area contributed by atoms with E-state index in [1.54, 1.807) is 26.6 Å². The van der Waals surface area contributed by atoms with E-state index in [-0.39, 0.29) is 0 Å². The first kappa shape index (κ1) is 21.8. The van der Waals surface area contributed by atoms with Crippen LogP contribution in [0.4, 0.5) is 23.1 Å². The van der Waals surface area contributed by atoms with Gasteiger partial charge in [-0.3, -0.25) is 0 Å². The minimum Gasteiger partial charge on any atom is -0.495 e. The molecule has 4 rings (SSSR count). The summed E-state index contributed by atoms with van der Waals surface area (Å²) >= 11 is 3.52. The summed E-state index contributed by atoms with van der Waals surface area (Å²) in [4.78, 5) is 9.06. The number of nitrogens with zero attached hydrogens (tertiary/aromatic N) is 2. The lowest BCUT2D eigenvalue weighted by atomic mass is 9.91. The third-order valence-corrected chi connectivity index (χ3v) is 7.52. The van der Waals surface area contributed by atoms with Gasteiger partial charge in [-0.05, 0) is 90.3 Å². The number of benzene rings is 2. The van der Waals surface area contributed by atoms with E-state index in [1.165, 1.54) is 24.0 Å². The van der Waals surface area contributed by atoms with Gasteiger partial charge >= 0.3 is 0 Å². The minimum absolute atomic E-state index is 0.452. The number of halogens is 1. The van der Waals surface area contributed by atoms with Gasteiger partial charge in [-0.2, -0.15) is 4.98 Å². The van der Waals surface area contributed by atoms with E-state index >= 15 is 0 Å². The van der Waals surface area contributed by atoms with Crippen LogP contribution in [0, 0.1) is 0 Å². The molecule has 162 valence electrons. The second-order valence-corrected chi connectivity index (χ2v) is 12.1. The van der Waals surface area contributed by atoms with E-state index in [1.807, 2.05) is 24.3 Å². The molecule has 0 spiro atoms. The van der Waals surface area contributed by atoms with Gasteiger partial charge in [0, 0.05) is 11.5 Å². The lowest BCUT2D eigenvalue weighted by Crippen LogP contribution is -2.11. The predicted octanol–water partition coefficient (Wildman–Crippen LogP) is 5.86. The molecule has 2 aromatic carbocycles. The second kappa shape index (κ2) is 9.01. The first-order valence-electron chi connectivity index (χ1n) is 10.3. The first-order chi connectivity index (χ1) is 14.8. The summed E-state index contributed by atoms with van der Waals surface area (Å²) in [7, 11) is -0.773. The highest BCUT2D eigenvalue weighted by Gasteiger charge is 2.18. The van der Waals surface area contributed by atoms with Crippen LogP contribution < -0.4 is 20.7 Å². The van der Waals surface area contributed by atoms with Crippen LogP contribution in [0.15, 0.2) is 47.1 Å². The fraction of sp³-hybridized carbons (Fsp3) is 0.304. The fourth-order valence-corrected chi connectivity index (χ4v) is 5.29. The molecule has 0 bridgehead atoms. The smallest absolute Gasteiger partial charge is 0.229 e. The van der Waals surface area contributed by atoms with Crippen molar-refractivity contribution in [2.45, 2.75) is 25.7 Å². The maximum Gasteiger partial charge on any atom is 0.229 e. The lowest BCUT2D eigenvalue weighted by Gasteiger charge is -2.20. The summed E-state index contributed by atoms with van der Waals surface area (Å²) in [6.45, 7) is 3.52. The van der Waals surface area contributed by atoms with E-state index in [0.717, 1.165) is 35.3 Å². The highest BCUT2D eigenvalue weighted by Crippen LogP contribution is 2.39. The number of hydrogen-bond donors (Lipinski definition) is 2. The fourth-order valence-electron chi connectivity index (χ4n) is 3.84. The number of ether oxygens (including phenoxy) is 1. The largest absolute Gasteiger partial charge is 0.495 e. The molecule has 3 aromatic rings. The Kier molecular flexibility index (Phi) is 6.35. The Morgan fingerprint density at radius 3 is 2.45 bits per heavy atom. The number of methoxy groups -OCH3 is 1. The zero-order valence-electron chi connectivity index (χ0n) is 17.9. The SMILES string of the molecule is COc1cc2c(cc1Nc1ncc(Br)c(Nc3ccccc3P(C)(C)=O)n1)CCCC2. The van der Waals surface area contributed by atoms with E-state index in [0.29, 0.717) is 16.2 Å². The van der Waals surface area contributed by atoms with Gasteiger partial charge in [-0.25, -0.2) is 4.98 Å². The number of aromatic nitrogens is 2. The van der Waals surface area contributed by atoms with E-state index in [4.69, 9.17) is 4.74 Å². The number of hydrogen-bond acceptors (Lipinski definition) is 6. The van der Waals surface area contributed by atoms with Crippen LogP contribution in [-0.4, -0.2) is 30.4 Å². The molecule has 0 amide bonds. The Hall–Kier alpha value is -2.37. The monoisotopic (exact) mass is 500 g/mol. The number of para-hydroxylation sites is 1. The van der Waals surface area contributed by atoms with Gasteiger partial charge in [-0.15, -0.1) is 0 Å². The van der Waals surface area contributed by atoms with Gasteiger partial charge in [0.2, 0.25) is 5.95 Å². The van der Waals surface area contributed by atoms with Crippen LogP contribution in [0.3, 0.4) is 0 Å².